The number of nitrogens with zero attached hydrogens (tertiary/aromatic N) is 2. The molecular formula is C15H21N3. The Labute approximate surface area is 109 Å². The summed E-state index contributed by atoms with van der Waals surface area (Å²) in [6, 6.07) is 0. The highest BCUT2D eigenvalue weighted by Gasteiger charge is 2.64. The molecule has 0 amide bonds. The van der Waals surface area contributed by atoms with E-state index in [-0.39, 0.29) is 5.41 Å². The SMILES string of the molecule is CC1C[C@@]2(C)CC2(C=N)CCC1c1cncnc1. The Morgan fingerprint density at radius 1 is 1.39 bits per heavy atom. The van der Waals surface area contributed by atoms with Gasteiger partial charge in [0.15, 0.2) is 0 Å². The minimum absolute atomic E-state index is 0.200. The number of fused-ring (bicyclic) bond motifs is 1. The van der Waals surface area contributed by atoms with Gasteiger partial charge in [0.05, 0.1) is 0 Å². The Bertz CT molecular complexity index is 458. The molecule has 2 saturated carbocycles. The second-order valence-electron chi connectivity index (χ2n) is 6.54. The molecule has 0 aliphatic heterocycles. The van der Waals surface area contributed by atoms with Crippen LogP contribution in [0.25, 0.3) is 0 Å². The normalized spacial score (nSPS) is 42.8. The fourth-order valence-electron chi connectivity index (χ4n) is 4.16. The Morgan fingerprint density at radius 3 is 2.78 bits per heavy atom. The topological polar surface area (TPSA) is 49.6 Å². The van der Waals surface area contributed by atoms with Crippen molar-refractivity contribution >= 4 is 6.21 Å². The summed E-state index contributed by atoms with van der Waals surface area (Å²) in [7, 11) is 0. The van der Waals surface area contributed by atoms with E-state index in [0.29, 0.717) is 17.3 Å². The molecule has 3 nitrogen and oxygen atoms in total. The van der Waals surface area contributed by atoms with Crippen molar-refractivity contribution in [2.45, 2.75) is 45.4 Å². The highest BCUT2D eigenvalue weighted by Crippen LogP contribution is 2.70. The van der Waals surface area contributed by atoms with Gasteiger partial charge in [-0.2, -0.15) is 0 Å². The molecule has 2 aliphatic carbocycles. The molecule has 0 spiro atoms. The molecule has 18 heavy (non-hydrogen) atoms. The van der Waals surface area contributed by atoms with Crippen LogP contribution in [0.4, 0.5) is 0 Å². The molecule has 1 aromatic rings. The van der Waals surface area contributed by atoms with Gasteiger partial charge in [0, 0.05) is 24.0 Å². The van der Waals surface area contributed by atoms with Crippen LogP contribution in [0.2, 0.25) is 0 Å². The summed E-state index contributed by atoms with van der Waals surface area (Å²) >= 11 is 0. The Morgan fingerprint density at radius 2 is 2.11 bits per heavy atom. The highest BCUT2D eigenvalue weighted by molar-refractivity contribution is 5.69. The molecule has 1 N–H and O–H groups in total. The summed E-state index contributed by atoms with van der Waals surface area (Å²) in [6.45, 7) is 4.71. The largest absolute Gasteiger partial charge is 0.313 e. The van der Waals surface area contributed by atoms with Crippen LogP contribution in [0, 0.1) is 22.2 Å². The number of nitrogens with one attached hydrogen (secondary N) is 1. The van der Waals surface area contributed by atoms with Gasteiger partial charge in [0.25, 0.3) is 0 Å². The van der Waals surface area contributed by atoms with E-state index in [0.717, 1.165) is 6.42 Å². The first-order chi connectivity index (χ1) is 8.60. The lowest BCUT2D eigenvalue weighted by atomic mass is 9.82. The maximum absolute atomic E-state index is 7.74. The van der Waals surface area contributed by atoms with Crippen molar-refractivity contribution in [2.75, 3.05) is 0 Å². The molecule has 0 radical (unpaired) electrons. The van der Waals surface area contributed by atoms with E-state index < -0.39 is 0 Å². The van der Waals surface area contributed by atoms with Crippen molar-refractivity contribution in [3.63, 3.8) is 0 Å². The van der Waals surface area contributed by atoms with E-state index in [2.05, 4.69) is 23.8 Å². The predicted octanol–water partition coefficient (Wildman–Crippen LogP) is 3.43. The summed E-state index contributed by atoms with van der Waals surface area (Å²) < 4.78 is 0. The van der Waals surface area contributed by atoms with Crippen molar-refractivity contribution in [2.24, 2.45) is 16.7 Å². The highest BCUT2D eigenvalue weighted by atomic mass is 14.8. The van der Waals surface area contributed by atoms with Crippen LogP contribution in [0.3, 0.4) is 0 Å². The molecule has 96 valence electrons. The molecule has 2 aliphatic rings. The van der Waals surface area contributed by atoms with Crippen LogP contribution in [-0.4, -0.2) is 16.2 Å². The van der Waals surface area contributed by atoms with Crippen molar-refractivity contribution in [3.8, 4) is 0 Å². The molecule has 1 heterocycles. The molecule has 3 rings (SSSR count). The quantitative estimate of drug-likeness (QED) is 0.809. The van der Waals surface area contributed by atoms with E-state index in [1.165, 1.54) is 24.8 Å². The second kappa shape index (κ2) is 3.87. The van der Waals surface area contributed by atoms with Crippen LogP contribution < -0.4 is 0 Å². The molecule has 2 fully saturated rings. The van der Waals surface area contributed by atoms with Crippen LogP contribution in [0.15, 0.2) is 18.7 Å². The third kappa shape index (κ3) is 1.60. The minimum Gasteiger partial charge on any atom is -0.313 e. The van der Waals surface area contributed by atoms with Gasteiger partial charge in [-0.1, -0.05) is 13.8 Å². The van der Waals surface area contributed by atoms with Gasteiger partial charge < -0.3 is 5.41 Å². The first-order valence-electron chi connectivity index (χ1n) is 6.87. The van der Waals surface area contributed by atoms with E-state index >= 15 is 0 Å². The molecule has 0 aromatic carbocycles. The summed E-state index contributed by atoms with van der Waals surface area (Å²) in [5.74, 6) is 1.22. The zero-order valence-electron chi connectivity index (χ0n) is 11.2. The summed E-state index contributed by atoms with van der Waals surface area (Å²) in [6.07, 6.45) is 12.0. The Kier molecular flexibility index (Phi) is 2.54. The molecule has 4 atom stereocenters. The number of hydrogen-bond donors (Lipinski definition) is 1. The van der Waals surface area contributed by atoms with E-state index in [9.17, 15) is 0 Å². The summed E-state index contributed by atoms with van der Waals surface area (Å²) in [5, 5.41) is 7.74. The van der Waals surface area contributed by atoms with Gasteiger partial charge in [0.2, 0.25) is 0 Å². The molecule has 0 bridgehead atoms. The van der Waals surface area contributed by atoms with Gasteiger partial charge in [-0.3, -0.25) is 0 Å². The number of rotatable bonds is 2. The van der Waals surface area contributed by atoms with Crippen molar-refractivity contribution in [1.29, 1.82) is 5.41 Å². The molecule has 3 heteroatoms. The maximum atomic E-state index is 7.74. The zero-order valence-corrected chi connectivity index (χ0v) is 11.2. The zero-order chi connectivity index (χ0) is 12.8. The van der Waals surface area contributed by atoms with Gasteiger partial charge in [-0.15, -0.1) is 0 Å². The van der Waals surface area contributed by atoms with Crippen molar-refractivity contribution < 1.29 is 0 Å². The average Bonchev–Trinajstić information content (AvgIpc) is 2.97. The minimum atomic E-state index is 0.200. The third-order valence-electron chi connectivity index (χ3n) is 5.43. The third-order valence-corrected chi connectivity index (χ3v) is 5.43. The maximum Gasteiger partial charge on any atom is 0.115 e. The first kappa shape index (κ1) is 11.8. The monoisotopic (exact) mass is 243 g/mol. The van der Waals surface area contributed by atoms with Crippen molar-refractivity contribution in [3.05, 3.63) is 24.3 Å². The number of aromatic nitrogens is 2. The van der Waals surface area contributed by atoms with Gasteiger partial charge in [0.1, 0.15) is 6.33 Å². The standard InChI is InChI=1S/C15H21N3/c1-11-5-14(2)8-15(14,9-16)4-3-13(11)12-6-17-10-18-7-12/h6-7,9-11,13,16H,3-5,8H2,1-2H3/t11?,13?,14-,15?/m0/s1. The molecular weight excluding hydrogens is 222 g/mol. The fourth-order valence-corrected chi connectivity index (χ4v) is 4.16. The summed E-state index contributed by atoms with van der Waals surface area (Å²) in [5.41, 5.74) is 1.85. The average molecular weight is 243 g/mol. The van der Waals surface area contributed by atoms with Gasteiger partial charge in [-0.25, -0.2) is 9.97 Å². The summed E-state index contributed by atoms with van der Waals surface area (Å²) in [4.78, 5) is 8.31. The fraction of sp³-hybridized carbons (Fsp3) is 0.667. The Balaban J connectivity index is 1.86. The van der Waals surface area contributed by atoms with E-state index in [1.54, 1.807) is 12.5 Å². The molecule has 0 saturated heterocycles. The van der Waals surface area contributed by atoms with Gasteiger partial charge >= 0.3 is 0 Å². The number of hydrogen-bond acceptors (Lipinski definition) is 3. The lowest BCUT2D eigenvalue weighted by molar-refractivity contribution is 0.347. The van der Waals surface area contributed by atoms with Crippen LogP contribution in [-0.2, 0) is 0 Å². The van der Waals surface area contributed by atoms with E-state index in [4.69, 9.17) is 5.41 Å². The smallest absolute Gasteiger partial charge is 0.115 e. The van der Waals surface area contributed by atoms with Crippen LogP contribution >= 0.6 is 0 Å². The lowest BCUT2D eigenvalue weighted by Crippen LogP contribution is -2.13. The van der Waals surface area contributed by atoms with Crippen LogP contribution in [0.1, 0.15) is 51.0 Å². The van der Waals surface area contributed by atoms with Crippen LogP contribution in [0.5, 0.6) is 0 Å². The molecule has 1 aromatic heterocycles. The Hall–Kier alpha value is -1.25. The van der Waals surface area contributed by atoms with E-state index in [1.807, 2.05) is 12.4 Å². The second-order valence-corrected chi connectivity index (χ2v) is 6.54. The first-order valence-corrected chi connectivity index (χ1v) is 6.87. The predicted molar refractivity (Wildman–Crippen MR) is 71.7 cm³/mol. The lowest BCUT2D eigenvalue weighted by Gasteiger charge is -2.23. The molecule has 3 unspecified atom stereocenters. The van der Waals surface area contributed by atoms with Gasteiger partial charge in [-0.05, 0) is 48.5 Å². The van der Waals surface area contributed by atoms with Crippen molar-refractivity contribution in [1.82, 2.24) is 9.97 Å².